The van der Waals surface area contributed by atoms with Crippen LogP contribution in [0.15, 0.2) is 71.7 Å². The van der Waals surface area contributed by atoms with Crippen LogP contribution in [0.4, 0.5) is 13.2 Å². The van der Waals surface area contributed by atoms with Crippen molar-refractivity contribution in [1.82, 2.24) is 14.3 Å². The van der Waals surface area contributed by atoms with Crippen molar-refractivity contribution in [3.8, 4) is 28.7 Å². The number of nitrogens with two attached hydrogens (primary N) is 1. The van der Waals surface area contributed by atoms with E-state index in [1.807, 2.05) is 6.07 Å². The van der Waals surface area contributed by atoms with E-state index >= 15 is 0 Å². The molecule has 10 heteroatoms. The lowest BCUT2D eigenvalue weighted by Crippen LogP contribution is -2.30. The van der Waals surface area contributed by atoms with Gasteiger partial charge in [0, 0.05) is 16.9 Å². The van der Waals surface area contributed by atoms with Crippen molar-refractivity contribution in [2.45, 2.75) is 13.1 Å². The average molecular weight is 463 g/mol. The van der Waals surface area contributed by atoms with E-state index in [2.05, 4.69) is 5.10 Å². The predicted octanol–water partition coefficient (Wildman–Crippen LogP) is 3.99. The first-order valence-corrected chi connectivity index (χ1v) is 9.91. The van der Waals surface area contributed by atoms with Gasteiger partial charge in [-0.15, -0.1) is 0 Å². The molecular formula is C24H16F3N5O2. The smallest absolute Gasteiger partial charge is 0.365 e. The molecule has 0 atom stereocenters. The Morgan fingerprint density at radius 2 is 1.76 bits per heavy atom. The third kappa shape index (κ3) is 3.95. The number of aromatic nitrogens is 3. The third-order valence-corrected chi connectivity index (χ3v) is 5.30. The van der Waals surface area contributed by atoms with Crippen molar-refractivity contribution in [3.63, 3.8) is 0 Å². The Morgan fingerprint density at radius 1 is 1.06 bits per heavy atom. The van der Waals surface area contributed by atoms with Gasteiger partial charge in [-0.25, -0.2) is 4.68 Å². The molecule has 4 rings (SSSR count). The maximum absolute atomic E-state index is 13.3. The Balaban J connectivity index is 1.98. The second kappa shape index (κ2) is 8.37. The van der Waals surface area contributed by atoms with E-state index in [1.54, 1.807) is 37.3 Å². The summed E-state index contributed by atoms with van der Waals surface area (Å²) in [6, 6.07) is 15.8. The summed E-state index contributed by atoms with van der Waals surface area (Å²) in [5.74, 6) is -1.02. The molecule has 2 aromatic heterocycles. The molecule has 0 saturated carbocycles. The van der Waals surface area contributed by atoms with Crippen LogP contribution in [-0.2, 0) is 6.18 Å². The molecule has 4 aromatic rings. The minimum atomic E-state index is -4.62. The van der Waals surface area contributed by atoms with E-state index in [0.29, 0.717) is 22.5 Å². The fourth-order valence-corrected chi connectivity index (χ4v) is 3.66. The molecule has 0 aliphatic rings. The predicted molar refractivity (Wildman–Crippen MR) is 118 cm³/mol. The van der Waals surface area contributed by atoms with E-state index in [4.69, 9.17) is 11.0 Å². The highest BCUT2D eigenvalue weighted by Crippen LogP contribution is 2.32. The summed E-state index contributed by atoms with van der Waals surface area (Å²) in [5, 5.41) is 13.3. The molecule has 2 N–H and O–H groups in total. The zero-order valence-corrected chi connectivity index (χ0v) is 17.7. The van der Waals surface area contributed by atoms with Crippen LogP contribution in [0, 0.1) is 18.3 Å². The van der Waals surface area contributed by atoms with Crippen molar-refractivity contribution in [1.29, 1.82) is 5.26 Å². The number of nitriles is 1. The Bertz CT molecular complexity index is 1510. The fourth-order valence-electron chi connectivity index (χ4n) is 3.66. The van der Waals surface area contributed by atoms with Crippen LogP contribution in [0.5, 0.6) is 0 Å². The van der Waals surface area contributed by atoms with E-state index in [-0.39, 0.29) is 16.9 Å². The molecule has 34 heavy (non-hydrogen) atoms. The summed E-state index contributed by atoms with van der Waals surface area (Å²) in [6.07, 6.45) is -3.12. The number of halogens is 3. The molecule has 0 aliphatic heterocycles. The first-order valence-electron chi connectivity index (χ1n) is 9.91. The number of amides is 1. The molecule has 2 aromatic carbocycles. The van der Waals surface area contributed by atoms with Gasteiger partial charge in [-0.1, -0.05) is 6.07 Å². The second-order valence-corrected chi connectivity index (χ2v) is 7.40. The summed E-state index contributed by atoms with van der Waals surface area (Å²) in [7, 11) is 0. The molecule has 0 fully saturated rings. The van der Waals surface area contributed by atoms with Gasteiger partial charge >= 0.3 is 6.18 Å². The van der Waals surface area contributed by atoms with Gasteiger partial charge in [-0.2, -0.15) is 23.5 Å². The van der Waals surface area contributed by atoms with Gasteiger partial charge in [-0.05, 0) is 61.5 Å². The number of nitrogens with zero attached hydrogens (tertiary/aromatic N) is 4. The maximum Gasteiger partial charge on any atom is 0.416 e. The lowest BCUT2D eigenvalue weighted by Gasteiger charge is -2.18. The molecule has 0 aliphatic carbocycles. The van der Waals surface area contributed by atoms with Crippen LogP contribution in [0.1, 0.15) is 27.2 Å². The highest BCUT2D eigenvalue weighted by atomic mass is 19.4. The standard InChI is InChI=1S/C24H16F3N5O2/c1-14-19(21-9-10-30-32(21)17-7-5-15(13-28)6-8-17)12-20(22(29)33)23(34)31(14)18-4-2-3-16(11-18)24(25,26)27/h2-12H,1H3,(H2,29,33). The summed E-state index contributed by atoms with van der Waals surface area (Å²) in [6.45, 7) is 1.55. The van der Waals surface area contributed by atoms with Crippen LogP contribution in [-0.4, -0.2) is 20.3 Å². The Labute approximate surface area is 191 Å². The Morgan fingerprint density at radius 3 is 2.38 bits per heavy atom. The minimum Gasteiger partial charge on any atom is -0.365 e. The molecule has 7 nitrogen and oxygen atoms in total. The Kier molecular flexibility index (Phi) is 5.55. The quantitative estimate of drug-likeness (QED) is 0.494. The van der Waals surface area contributed by atoms with Gasteiger partial charge in [0.2, 0.25) is 0 Å². The number of hydrogen-bond donors (Lipinski definition) is 1. The molecule has 0 unspecified atom stereocenters. The molecule has 1 amide bonds. The SMILES string of the molecule is Cc1c(-c2ccnn2-c2ccc(C#N)cc2)cc(C(N)=O)c(=O)n1-c1cccc(C(F)(F)F)c1. The normalized spacial score (nSPS) is 11.3. The van der Waals surface area contributed by atoms with E-state index in [1.165, 1.54) is 29.1 Å². The second-order valence-electron chi connectivity index (χ2n) is 7.40. The highest BCUT2D eigenvalue weighted by molar-refractivity contribution is 5.94. The van der Waals surface area contributed by atoms with Crippen molar-refractivity contribution in [3.05, 3.63) is 99.6 Å². The number of hydrogen-bond acceptors (Lipinski definition) is 4. The van der Waals surface area contributed by atoms with E-state index in [9.17, 15) is 22.8 Å². The summed E-state index contributed by atoms with van der Waals surface area (Å²) < 4.78 is 42.4. The maximum atomic E-state index is 13.3. The molecule has 170 valence electrons. The van der Waals surface area contributed by atoms with Gasteiger partial charge in [0.05, 0.1) is 34.8 Å². The molecule has 0 bridgehead atoms. The molecule has 0 spiro atoms. The lowest BCUT2D eigenvalue weighted by atomic mass is 10.1. The number of benzene rings is 2. The molecular weight excluding hydrogens is 447 g/mol. The number of rotatable bonds is 4. The molecule has 0 radical (unpaired) electrons. The number of pyridine rings is 1. The Hall–Kier alpha value is -4.65. The third-order valence-electron chi connectivity index (χ3n) is 5.30. The number of carbonyl (C=O) groups is 1. The largest absolute Gasteiger partial charge is 0.416 e. The summed E-state index contributed by atoms with van der Waals surface area (Å²) >= 11 is 0. The molecule has 0 saturated heterocycles. The van der Waals surface area contributed by atoms with Crippen molar-refractivity contribution >= 4 is 5.91 Å². The van der Waals surface area contributed by atoms with Crippen molar-refractivity contribution in [2.24, 2.45) is 5.73 Å². The van der Waals surface area contributed by atoms with Crippen LogP contribution in [0.25, 0.3) is 22.6 Å². The van der Waals surface area contributed by atoms with Crippen LogP contribution in [0.3, 0.4) is 0 Å². The van der Waals surface area contributed by atoms with Crippen molar-refractivity contribution < 1.29 is 18.0 Å². The van der Waals surface area contributed by atoms with Gasteiger partial charge < -0.3 is 5.73 Å². The summed E-state index contributed by atoms with van der Waals surface area (Å²) in [4.78, 5) is 25.1. The zero-order valence-electron chi connectivity index (χ0n) is 17.7. The van der Waals surface area contributed by atoms with Gasteiger partial charge in [-0.3, -0.25) is 14.2 Å². The first kappa shape index (κ1) is 22.5. The summed E-state index contributed by atoms with van der Waals surface area (Å²) in [5.41, 5.74) is 5.36. The van der Waals surface area contributed by atoms with Gasteiger partial charge in [0.15, 0.2) is 0 Å². The van der Waals surface area contributed by atoms with Crippen molar-refractivity contribution in [2.75, 3.05) is 0 Å². The minimum absolute atomic E-state index is 0.0638. The van der Waals surface area contributed by atoms with Crippen LogP contribution in [0.2, 0.25) is 0 Å². The molecule has 2 heterocycles. The fraction of sp³-hybridized carbons (Fsp3) is 0.0833. The first-order chi connectivity index (χ1) is 16.1. The topological polar surface area (TPSA) is 107 Å². The van der Waals surface area contributed by atoms with E-state index < -0.39 is 23.2 Å². The number of primary amides is 1. The number of alkyl halides is 3. The zero-order chi connectivity index (χ0) is 24.6. The lowest BCUT2D eigenvalue weighted by molar-refractivity contribution is -0.137. The number of carbonyl (C=O) groups excluding carboxylic acids is 1. The van der Waals surface area contributed by atoms with Crippen LogP contribution < -0.4 is 11.3 Å². The van der Waals surface area contributed by atoms with E-state index in [0.717, 1.165) is 16.7 Å². The van der Waals surface area contributed by atoms with Gasteiger partial charge in [0.1, 0.15) is 5.56 Å². The monoisotopic (exact) mass is 463 g/mol. The van der Waals surface area contributed by atoms with Crippen LogP contribution >= 0.6 is 0 Å². The highest BCUT2D eigenvalue weighted by Gasteiger charge is 2.31. The average Bonchev–Trinajstić information content (AvgIpc) is 3.28. The van der Waals surface area contributed by atoms with Gasteiger partial charge in [0.25, 0.3) is 11.5 Å².